The lowest BCUT2D eigenvalue weighted by molar-refractivity contribution is -0.138. The minimum atomic E-state index is -4.72. The first-order valence-electron chi connectivity index (χ1n) is 5.62. The predicted octanol–water partition coefficient (Wildman–Crippen LogP) is 4.86. The third-order valence-corrected chi connectivity index (χ3v) is 4.62. The van der Waals surface area contributed by atoms with Crippen LogP contribution in [0.25, 0.3) is 0 Å². The third kappa shape index (κ3) is 3.07. The first-order valence-corrected chi connectivity index (χ1v) is 6.75. The van der Waals surface area contributed by atoms with Gasteiger partial charge in [-0.2, -0.15) is 13.2 Å². The minimum absolute atomic E-state index is 0.425. The van der Waals surface area contributed by atoms with Crippen molar-refractivity contribution in [1.82, 2.24) is 0 Å². The molecule has 0 aliphatic heterocycles. The van der Waals surface area contributed by atoms with Crippen molar-refractivity contribution in [3.63, 3.8) is 0 Å². The molecule has 0 saturated heterocycles. The zero-order valence-electron chi connectivity index (χ0n) is 10.0. The molecule has 1 aliphatic carbocycles. The molecule has 2 atom stereocenters. The Balaban J connectivity index is 2.45. The fraction of sp³-hybridized carbons (Fsp3) is 0.417. The first-order chi connectivity index (χ1) is 9.46. The molecule has 1 aromatic carbocycles. The summed E-state index contributed by atoms with van der Waals surface area (Å²) < 4.78 is 50.5. The number of benzene rings is 1. The monoisotopic (exact) mass is 364 g/mol. The van der Waals surface area contributed by atoms with Gasteiger partial charge in [0.05, 0.1) is 17.0 Å². The van der Waals surface area contributed by atoms with Gasteiger partial charge in [-0.15, -0.1) is 23.2 Å². The second-order valence-corrected chi connectivity index (χ2v) is 6.57. The van der Waals surface area contributed by atoms with E-state index in [1.165, 1.54) is 0 Å². The summed E-state index contributed by atoms with van der Waals surface area (Å²) in [4.78, 5) is 10.7. The molecule has 0 heterocycles. The Morgan fingerprint density at radius 1 is 1.33 bits per heavy atom. The van der Waals surface area contributed by atoms with Crippen LogP contribution >= 0.6 is 34.8 Å². The van der Waals surface area contributed by atoms with Gasteiger partial charge in [0.1, 0.15) is 10.2 Å². The highest BCUT2D eigenvalue weighted by Gasteiger charge is 2.65. The Morgan fingerprint density at radius 3 is 2.38 bits per heavy atom. The maximum Gasteiger partial charge on any atom is 0.416 e. The van der Waals surface area contributed by atoms with Crippen LogP contribution in [0.4, 0.5) is 17.6 Å². The molecule has 21 heavy (non-hydrogen) atoms. The summed E-state index contributed by atoms with van der Waals surface area (Å²) in [6.07, 6.45) is -5.20. The molecular weight excluding hydrogens is 358 g/mol. The van der Waals surface area contributed by atoms with Crippen molar-refractivity contribution in [2.24, 2.45) is 5.92 Å². The molecule has 1 fully saturated rings. The maximum atomic E-state index is 14.0. The molecule has 1 saturated carbocycles. The number of carboxylic acids is 1. The fourth-order valence-corrected chi connectivity index (χ4v) is 3.30. The standard InChI is InChI=1S/C12H7Cl3F4O2/c13-7-2-4(12(17,18)19)1-5(10(7)16)9-6(3-8(20)21)11(9,14)15/h1-2,6,9H,3H2,(H,20,21). The Hall–Kier alpha value is -0.720. The predicted molar refractivity (Wildman–Crippen MR) is 69.3 cm³/mol. The SMILES string of the molecule is O=C(O)CC1C(c2cc(C(F)(F)F)cc(Cl)c2F)C1(Cl)Cl. The van der Waals surface area contributed by atoms with Crippen LogP contribution in [-0.4, -0.2) is 15.4 Å². The van der Waals surface area contributed by atoms with Gasteiger partial charge < -0.3 is 5.11 Å². The van der Waals surface area contributed by atoms with Crippen molar-refractivity contribution in [3.05, 3.63) is 34.1 Å². The molecule has 2 nitrogen and oxygen atoms in total. The topological polar surface area (TPSA) is 37.3 Å². The first kappa shape index (κ1) is 16.6. The van der Waals surface area contributed by atoms with Crippen LogP contribution in [0, 0.1) is 11.7 Å². The summed E-state index contributed by atoms with van der Waals surface area (Å²) in [5, 5.41) is 7.99. The lowest BCUT2D eigenvalue weighted by Gasteiger charge is -2.11. The number of carboxylic acid groups (broad SMARTS) is 1. The molecular formula is C12H7Cl3F4O2. The molecule has 9 heteroatoms. The maximum absolute atomic E-state index is 14.0. The van der Waals surface area contributed by atoms with Crippen molar-refractivity contribution in [2.45, 2.75) is 22.8 Å². The smallest absolute Gasteiger partial charge is 0.416 e. The molecule has 0 radical (unpaired) electrons. The van der Waals surface area contributed by atoms with E-state index in [1.807, 2.05) is 0 Å². The van der Waals surface area contributed by atoms with Gasteiger partial charge >= 0.3 is 12.1 Å². The van der Waals surface area contributed by atoms with Crippen LogP contribution in [0.15, 0.2) is 12.1 Å². The van der Waals surface area contributed by atoms with Crippen molar-refractivity contribution in [2.75, 3.05) is 0 Å². The highest BCUT2D eigenvalue weighted by atomic mass is 35.5. The Morgan fingerprint density at radius 2 is 1.90 bits per heavy atom. The van der Waals surface area contributed by atoms with Crippen LogP contribution in [0.5, 0.6) is 0 Å². The van der Waals surface area contributed by atoms with E-state index in [1.54, 1.807) is 0 Å². The number of aliphatic carboxylic acids is 1. The molecule has 116 valence electrons. The number of carbonyl (C=O) groups is 1. The van der Waals surface area contributed by atoms with Gasteiger partial charge in [-0.3, -0.25) is 4.79 Å². The van der Waals surface area contributed by atoms with Crippen LogP contribution in [0.2, 0.25) is 5.02 Å². The van der Waals surface area contributed by atoms with Crippen molar-refractivity contribution in [3.8, 4) is 0 Å². The van der Waals surface area contributed by atoms with Crippen LogP contribution < -0.4 is 0 Å². The second kappa shape index (κ2) is 5.18. The molecule has 2 unspecified atom stereocenters. The average molecular weight is 366 g/mol. The average Bonchev–Trinajstić information content (AvgIpc) is 2.82. The number of alkyl halides is 5. The van der Waals surface area contributed by atoms with E-state index < -0.39 is 56.7 Å². The Labute approximate surface area is 131 Å². The van der Waals surface area contributed by atoms with Gasteiger partial charge in [-0.1, -0.05) is 11.6 Å². The van der Waals surface area contributed by atoms with Crippen LogP contribution in [-0.2, 0) is 11.0 Å². The lowest BCUT2D eigenvalue weighted by Crippen LogP contribution is -2.07. The van der Waals surface area contributed by atoms with Crippen molar-refractivity contribution < 1.29 is 27.5 Å². The normalized spacial score (nSPS) is 24.0. The summed E-state index contributed by atoms with van der Waals surface area (Å²) >= 11 is 17.2. The molecule has 0 aromatic heterocycles. The van der Waals surface area contributed by atoms with Crippen molar-refractivity contribution >= 4 is 40.8 Å². The van der Waals surface area contributed by atoms with Crippen LogP contribution in [0.3, 0.4) is 0 Å². The van der Waals surface area contributed by atoms with Gasteiger partial charge in [0.2, 0.25) is 0 Å². The van der Waals surface area contributed by atoms with E-state index in [-0.39, 0.29) is 0 Å². The van der Waals surface area contributed by atoms with Gasteiger partial charge in [0, 0.05) is 11.8 Å². The largest absolute Gasteiger partial charge is 0.481 e. The van der Waals surface area contributed by atoms with E-state index in [2.05, 4.69) is 0 Å². The molecule has 1 N–H and O–H groups in total. The molecule has 1 aliphatic rings. The van der Waals surface area contributed by atoms with E-state index >= 15 is 0 Å². The fourth-order valence-electron chi connectivity index (χ4n) is 2.26. The quantitative estimate of drug-likeness (QED) is 0.613. The summed E-state index contributed by atoms with van der Waals surface area (Å²) in [6, 6.07) is 1.02. The van der Waals surface area contributed by atoms with Gasteiger partial charge in [-0.25, -0.2) is 4.39 Å². The minimum Gasteiger partial charge on any atom is -0.481 e. The third-order valence-electron chi connectivity index (χ3n) is 3.32. The number of halogens is 7. The summed E-state index contributed by atoms with van der Waals surface area (Å²) in [7, 11) is 0. The molecule has 0 bridgehead atoms. The van der Waals surface area contributed by atoms with Gasteiger partial charge in [-0.05, 0) is 17.7 Å². The number of hydrogen-bond donors (Lipinski definition) is 1. The van der Waals surface area contributed by atoms with E-state index in [0.717, 1.165) is 0 Å². The summed E-state index contributed by atoms with van der Waals surface area (Å²) in [5.41, 5.74) is -1.57. The number of rotatable bonds is 3. The van der Waals surface area contributed by atoms with Crippen LogP contribution in [0.1, 0.15) is 23.5 Å². The van der Waals surface area contributed by atoms with Gasteiger partial charge in [0.15, 0.2) is 0 Å². The molecule has 0 amide bonds. The molecule has 1 aromatic rings. The Bertz CT molecular complexity index is 601. The van der Waals surface area contributed by atoms with Gasteiger partial charge in [0.25, 0.3) is 0 Å². The number of hydrogen-bond acceptors (Lipinski definition) is 1. The van der Waals surface area contributed by atoms with Crippen molar-refractivity contribution in [1.29, 1.82) is 0 Å². The summed E-state index contributed by atoms with van der Waals surface area (Å²) in [5.74, 6) is -4.25. The zero-order chi connectivity index (χ0) is 16.2. The summed E-state index contributed by atoms with van der Waals surface area (Å²) in [6.45, 7) is 0. The second-order valence-electron chi connectivity index (χ2n) is 4.72. The lowest BCUT2D eigenvalue weighted by atomic mass is 10.0. The van der Waals surface area contributed by atoms with E-state index in [9.17, 15) is 22.4 Å². The van der Waals surface area contributed by atoms with E-state index in [4.69, 9.17) is 39.9 Å². The molecule has 2 rings (SSSR count). The zero-order valence-corrected chi connectivity index (χ0v) is 12.3. The molecule has 0 spiro atoms. The Kier molecular flexibility index (Phi) is 4.10. The van der Waals surface area contributed by atoms with E-state index in [0.29, 0.717) is 12.1 Å². The highest BCUT2D eigenvalue weighted by molar-refractivity contribution is 6.52. The highest BCUT2D eigenvalue weighted by Crippen LogP contribution is 2.67.